The lowest BCUT2D eigenvalue weighted by Crippen LogP contribution is -2.30. The number of hydrogen-bond acceptors (Lipinski definition) is 3. The van der Waals surface area contributed by atoms with Gasteiger partial charge in [-0.15, -0.1) is 0 Å². The highest BCUT2D eigenvalue weighted by atomic mass is 127. The molecule has 5 heteroatoms. The van der Waals surface area contributed by atoms with Crippen LogP contribution in [0.1, 0.15) is 24.8 Å². The van der Waals surface area contributed by atoms with Crippen LogP contribution in [0.25, 0.3) is 0 Å². The minimum absolute atomic E-state index is 0.108. The maximum atomic E-state index is 11.8. The first-order valence-corrected chi connectivity index (χ1v) is 6.84. The SMILES string of the molecule is CC(=O)NCC1CC(c2ccc(I)cc2)C(=O)O1. The van der Waals surface area contributed by atoms with Crippen LogP contribution in [0.15, 0.2) is 24.3 Å². The zero-order chi connectivity index (χ0) is 13.1. The first kappa shape index (κ1) is 13.3. The average Bonchev–Trinajstić information content (AvgIpc) is 2.69. The summed E-state index contributed by atoms with van der Waals surface area (Å²) in [6.07, 6.45) is 0.408. The van der Waals surface area contributed by atoms with E-state index in [0.29, 0.717) is 13.0 Å². The summed E-state index contributed by atoms with van der Waals surface area (Å²) in [5.74, 6) is -0.518. The highest BCUT2D eigenvalue weighted by molar-refractivity contribution is 14.1. The minimum Gasteiger partial charge on any atom is -0.460 e. The highest BCUT2D eigenvalue weighted by Gasteiger charge is 2.35. The molecule has 2 unspecified atom stereocenters. The summed E-state index contributed by atoms with van der Waals surface area (Å²) in [6, 6.07) is 7.86. The molecule has 2 atom stereocenters. The molecule has 0 bridgehead atoms. The van der Waals surface area contributed by atoms with Gasteiger partial charge in [-0.25, -0.2) is 0 Å². The van der Waals surface area contributed by atoms with Crippen LogP contribution in [0, 0.1) is 3.57 Å². The standard InChI is InChI=1S/C13H14INO3/c1-8(16)15-7-11-6-12(13(17)18-11)9-2-4-10(14)5-3-9/h2-5,11-12H,6-7H2,1H3,(H,15,16). The predicted octanol–water partition coefficient (Wildman–Crippen LogP) is 1.83. The van der Waals surface area contributed by atoms with Crippen LogP contribution < -0.4 is 5.32 Å². The Labute approximate surface area is 119 Å². The van der Waals surface area contributed by atoms with E-state index >= 15 is 0 Å². The Morgan fingerprint density at radius 1 is 1.44 bits per heavy atom. The van der Waals surface area contributed by atoms with Crippen molar-refractivity contribution in [2.45, 2.75) is 25.4 Å². The molecule has 1 N–H and O–H groups in total. The Morgan fingerprint density at radius 2 is 2.11 bits per heavy atom. The van der Waals surface area contributed by atoms with E-state index in [1.807, 2.05) is 24.3 Å². The summed E-state index contributed by atoms with van der Waals surface area (Å²) < 4.78 is 6.39. The lowest BCUT2D eigenvalue weighted by molar-refractivity contribution is -0.142. The normalized spacial score (nSPS) is 22.7. The smallest absolute Gasteiger partial charge is 0.313 e. The summed E-state index contributed by atoms with van der Waals surface area (Å²) in [7, 11) is 0. The van der Waals surface area contributed by atoms with Crippen LogP contribution in [0.5, 0.6) is 0 Å². The van der Waals surface area contributed by atoms with E-state index in [0.717, 1.165) is 9.13 Å². The number of nitrogens with one attached hydrogen (secondary N) is 1. The summed E-state index contributed by atoms with van der Waals surface area (Å²) in [5, 5.41) is 2.67. The second kappa shape index (κ2) is 5.69. The first-order valence-electron chi connectivity index (χ1n) is 5.76. The van der Waals surface area contributed by atoms with Crippen molar-refractivity contribution in [3.63, 3.8) is 0 Å². The van der Waals surface area contributed by atoms with Gasteiger partial charge in [0, 0.05) is 16.9 Å². The number of esters is 1. The van der Waals surface area contributed by atoms with Crippen molar-refractivity contribution in [3.05, 3.63) is 33.4 Å². The molecule has 1 saturated heterocycles. The summed E-state index contributed by atoms with van der Waals surface area (Å²) in [6.45, 7) is 1.84. The van der Waals surface area contributed by atoms with Gasteiger partial charge in [0.1, 0.15) is 6.10 Å². The van der Waals surface area contributed by atoms with Gasteiger partial charge in [-0.2, -0.15) is 0 Å². The molecule has 1 heterocycles. The van der Waals surface area contributed by atoms with Crippen LogP contribution >= 0.6 is 22.6 Å². The molecular formula is C13H14INO3. The van der Waals surface area contributed by atoms with E-state index in [2.05, 4.69) is 27.9 Å². The molecule has 0 spiro atoms. The third-order valence-corrected chi connectivity index (χ3v) is 3.64. The Kier molecular flexibility index (Phi) is 4.21. The molecule has 1 aromatic carbocycles. The number of hydrogen-bond donors (Lipinski definition) is 1. The van der Waals surface area contributed by atoms with Crippen LogP contribution in [-0.4, -0.2) is 24.5 Å². The first-order chi connectivity index (χ1) is 8.56. The molecule has 1 aliphatic rings. The zero-order valence-corrected chi connectivity index (χ0v) is 12.1. The fourth-order valence-electron chi connectivity index (χ4n) is 2.00. The van der Waals surface area contributed by atoms with Gasteiger partial charge in [0.05, 0.1) is 12.5 Å². The molecule has 0 aliphatic carbocycles. The number of carbonyl (C=O) groups excluding carboxylic acids is 2. The monoisotopic (exact) mass is 359 g/mol. The fourth-order valence-corrected chi connectivity index (χ4v) is 2.36. The molecule has 1 fully saturated rings. The molecule has 1 amide bonds. The third-order valence-electron chi connectivity index (χ3n) is 2.92. The largest absolute Gasteiger partial charge is 0.460 e. The maximum Gasteiger partial charge on any atom is 0.313 e. The number of cyclic esters (lactones) is 1. The Balaban J connectivity index is 2.00. The molecule has 0 radical (unpaired) electrons. The van der Waals surface area contributed by atoms with E-state index in [1.165, 1.54) is 6.92 Å². The van der Waals surface area contributed by atoms with Crippen molar-refractivity contribution < 1.29 is 14.3 Å². The van der Waals surface area contributed by atoms with Gasteiger partial charge in [-0.1, -0.05) is 12.1 Å². The van der Waals surface area contributed by atoms with Gasteiger partial charge < -0.3 is 10.1 Å². The van der Waals surface area contributed by atoms with Crippen molar-refractivity contribution in [1.29, 1.82) is 0 Å². The minimum atomic E-state index is -0.217. The quantitative estimate of drug-likeness (QED) is 0.662. The number of carbonyl (C=O) groups is 2. The van der Waals surface area contributed by atoms with E-state index in [4.69, 9.17) is 4.74 Å². The second-order valence-corrected chi connectivity index (χ2v) is 5.58. The van der Waals surface area contributed by atoms with Crippen LogP contribution in [0.3, 0.4) is 0 Å². The average molecular weight is 359 g/mol. The molecule has 18 heavy (non-hydrogen) atoms. The number of benzene rings is 1. The van der Waals surface area contributed by atoms with Gasteiger partial charge in [0.2, 0.25) is 5.91 Å². The fraction of sp³-hybridized carbons (Fsp3) is 0.385. The van der Waals surface area contributed by atoms with Crippen molar-refractivity contribution in [3.8, 4) is 0 Å². The van der Waals surface area contributed by atoms with Gasteiger partial charge in [-0.3, -0.25) is 9.59 Å². The molecular weight excluding hydrogens is 345 g/mol. The van der Waals surface area contributed by atoms with Crippen molar-refractivity contribution in [2.24, 2.45) is 0 Å². The zero-order valence-electron chi connectivity index (χ0n) is 9.98. The summed E-state index contributed by atoms with van der Waals surface area (Å²) in [4.78, 5) is 22.6. The van der Waals surface area contributed by atoms with E-state index in [-0.39, 0.29) is 23.9 Å². The Bertz CT molecular complexity index is 458. The molecule has 1 aromatic rings. The third kappa shape index (κ3) is 3.22. The molecule has 0 aromatic heterocycles. The number of rotatable bonds is 3. The van der Waals surface area contributed by atoms with Crippen molar-refractivity contribution >= 4 is 34.5 Å². The highest BCUT2D eigenvalue weighted by Crippen LogP contribution is 2.30. The number of ether oxygens (including phenoxy) is 1. The Hall–Kier alpha value is -1.11. The summed E-state index contributed by atoms with van der Waals surface area (Å²) >= 11 is 2.23. The summed E-state index contributed by atoms with van der Waals surface area (Å²) in [5.41, 5.74) is 0.978. The Morgan fingerprint density at radius 3 is 2.72 bits per heavy atom. The molecule has 1 aliphatic heterocycles. The lowest BCUT2D eigenvalue weighted by atomic mass is 9.96. The molecule has 0 saturated carbocycles. The second-order valence-electron chi connectivity index (χ2n) is 4.34. The number of halogens is 1. The van der Waals surface area contributed by atoms with Crippen LogP contribution in [0.2, 0.25) is 0 Å². The van der Waals surface area contributed by atoms with E-state index < -0.39 is 0 Å². The van der Waals surface area contributed by atoms with Gasteiger partial charge in [0.25, 0.3) is 0 Å². The van der Waals surface area contributed by atoms with Gasteiger partial charge in [0.15, 0.2) is 0 Å². The number of amides is 1. The van der Waals surface area contributed by atoms with Crippen molar-refractivity contribution in [2.75, 3.05) is 6.54 Å². The molecule has 4 nitrogen and oxygen atoms in total. The predicted molar refractivity (Wildman–Crippen MR) is 75.1 cm³/mol. The molecule has 2 rings (SSSR count). The van der Waals surface area contributed by atoms with E-state index in [9.17, 15) is 9.59 Å². The lowest BCUT2D eigenvalue weighted by Gasteiger charge is -2.08. The maximum absolute atomic E-state index is 11.8. The van der Waals surface area contributed by atoms with E-state index in [1.54, 1.807) is 0 Å². The van der Waals surface area contributed by atoms with Crippen LogP contribution in [-0.2, 0) is 14.3 Å². The van der Waals surface area contributed by atoms with Crippen LogP contribution in [0.4, 0.5) is 0 Å². The van der Waals surface area contributed by atoms with Gasteiger partial charge >= 0.3 is 5.97 Å². The molecule has 96 valence electrons. The topological polar surface area (TPSA) is 55.4 Å². The van der Waals surface area contributed by atoms with Crippen molar-refractivity contribution in [1.82, 2.24) is 5.32 Å². The van der Waals surface area contributed by atoms with Gasteiger partial charge in [-0.05, 0) is 40.3 Å².